The van der Waals surface area contributed by atoms with E-state index in [1.807, 2.05) is 54.6 Å². The van der Waals surface area contributed by atoms with Gasteiger partial charge in [0.05, 0.1) is 6.04 Å². The van der Waals surface area contributed by atoms with Gasteiger partial charge in [-0.2, -0.15) is 9.67 Å². The molecule has 29 heavy (non-hydrogen) atoms. The third-order valence-electron chi connectivity index (χ3n) is 4.46. The van der Waals surface area contributed by atoms with Crippen LogP contribution in [0.5, 0.6) is 0 Å². The van der Waals surface area contributed by atoms with Gasteiger partial charge in [-0.25, -0.2) is 9.97 Å². The van der Waals surface area contributed by atoms with Crippen LogP contribution in [0.2, 0.25) is 0 Å². The Balaban J connectivity index is 1.56. The molecule has 8 nitrogen and oxygen atoms in total. The molecule has 0 spiro atoms. The minimum atomic E-state index is 0.141. The summed E-state index contributed by atoms with van der Waals surface area (Å²) in [5.41, 5.74) is 8.14. The van der Waals surface area contributed by atoms with Gasteiger partial charge in [-0.05, 0) is 24.1 Å². The van der Waals surface area contributed by atoms with E-state index in [1.54, 1.807) is 0 Å². The average molecular weight is 386 g/mol. The molecule has 2 heterocycles. The van der Waals surface area contributed by atoms with Crippen LogP contribution >= 0.6 is 0 Å². The second-order valence-electron chi connectivity index (χ2n) is 6.47. The highest BCUT2D eigenvalue weighted by Gasteiger charge is 2.13. The van der Waals surface area contributed by atoms with Crippen molar-refractivity contribution < 1.29 is 0 Å². The van der Waals surface area contributed by atoms with Crippen molar-refractivity contribution in [3.05, 3.63) is 78.6 Å². The van der Waals surface area contributed by atoms with Crippen molar-refractivity contribution >= 4 is 23.4 Å². The zero-order chi connectivity index (χ0) is 20.1. The van der Waals surface area contributed by atoms with Crippen molar-refractivity contribution in [1.29, 1.82) is 0 Å². The molecule has 2 aromatic heterocycles. The number of benzene rings is 2. The van der Waals surface area contributed by atoms with Crippen molar-refractivity contribution in [3.63, 3.8) is 0 Å². The zero-order valence-electron chi connectivity index (χ0n) is 16.0. The van der Waals surface area contributed by atoms with Gasteiger partial charge in [0.15, 0.2) is 5.82 Å². The smallest absolute Gasteiger partial charge is 0.248 e. The summed E-state index contributed by atoms with van der Waals surface area (Å²) in [7, 11) is 0. The number of nitrogen functional groups attached to an aromatic ring is 1. The molecule has 1 atom stereocenters. The van der Waals surface area contributed by atoms with E-state index >= 15 is 0 Å². The summed E-state index contributed by atoms with van der Waals surface area (Å²) in [6, 6.07) is 21.9. The summed E-state index contributed by atoms with van der Waals surface area (Å²) in [6.07, 6.45) is 2.40. The monoisotopic (exact) mass is 386 g/mol. The lowest BCUT2D eigenvalue weighted by molar-refractivity contribution is 0.742. The van der Waals surface area contributed by atoms with Crippen LogP contribution in [0, 0.1) is 0 Å². The standard InChI is InChI=1S/C21H22N8/c1-2-17(15-9-5-3-6-10-15)26-18-13-19(24-14-23-18)29-20(22)27-21(28-29)25-16-11-7-4-8-12-16/h3-14,17H,2H2,1H3,(H,23,24,26)(H3,22,25,27,28). The number of nitrogens with zero attached hydrogens (tertiary/aromatic N) is 5. The van der Waals surface area contributed by atoms with Gasteiger partial charge in [0.2, 0.25) is 11.9 Å². The third kappa shape index (κ3) is 4.32. The fourth-order valence-corrected chi connectivity index (χ4v) is 3.02. The van der Waals surface area contributed by atoms with E-state index in [2.05, 4.69) is 49.7 Å². The molecular formula is C21H22N8. The predicted molar refractivity (Wildman–Crippen MR) is 114 cm³/mol. The summed E-state index contributed by atoms with van der Waals surface area (Å²) in [5, 5.41) is 11.0. The lowest BCUT2D eigenvalue weighted by Crippen LogP contribution is -2.12. The quantitative estimate of drug-likeness (QED) is 0.441. The van der Waals surface area contributed by atoms with Gasteiger partial charge in [0, 0.05) is 11.8 Å². The lowest BCUT2D eigenvalue weighted by atomic mass is 10.0. The first-order valence-corrected chi connectivity index (χ1v) is 9.41. The highest BCUT2D eigenvalue weighted by molar-refractivity contribution is 5.54. The van der Waals surface area contributed by atoms with E-state index in [1.165, 1.54) is 16.6 Å². The van der Waals surface area contributed by atoms with E-state index in [4.69, 9.17) is 5.73 Å². The Morgan fingerprint density at radius 1 is 1.00 bits per heavy atom. The van der Waals surface area contributed by atoms with Gasteiger partial charge in [0.25, 0.3) is 0 Å². The Morgan fingerprint density at radius 3 is 2.45 bits per heavy atom. The molecule has 4 N–H and O–H groups in total. The maximum atomic E-state index is 6.06. The average Bonchev–Trinajstić information content (AvgIpc) is 3.13. The van der Waals surface area contributed by atoms with E-state index < -0.39 is 0 Å². The fourth-order valence-electron chi connectivity index (χ4n) is 3.02. The number of para-hydroxylation sites is 1. The Morgan fingerprint density at radius 2 is 1.72 bits per heavy atom. The van der Waals surface area contributed by atoms with Crippen molar-refractivity contribution in [2.75, 3.05) is 16.4 Å². The number of anilines is 4. The number of nitrogens with one attached hydrogen (secondary N) is 2. The first kappa shape index (κ1) is 18.4. The van der Waals surface area contributed by atoms with Crippen molar-refractivity contribution in [1.82, 2.24) is 24.7 Å². The maximum absolute atomic E-state index is 6.06. The minimum absolute atomic E-state index is 0.141. The number of rotatable bonds is 7. The summed E-state index contributed by atoms with van der Waals surface area (Å²) in [6.45, 7) is 2.13. The number of hydrogen-bond acceptors (Lipinski definition) is 7. The van der Waals surface area contributed by atoms with Gasteiger partial charge >= 0.3 is 0 Å². The van der Waals surface area contributed by atoms with Gasteiger partial charge < -0.3 is 16.4 Å². The van der Waals surface area contributed by atoms with Crippen LogP contribution in [-0.4, -0.2) is 24.7 Å². The molecule has 0 saturated heterocycles. The van der Waals surface area contributed by atoms with E-state index in [0.717, 1.165) is 12.1 Å². The zero-order valence-corrected chi connectivity index (χ0v) is 16.0. The van der Waals surface area contributed by atoms with E-state index in [9.17, 15) is 0 Å². The first-order chi connectivity index (χ1) is 14.2. The van der Waals surface area contributed by atoms with Gasteiger partial charge in [-0.3, -0.25) is 0 Å². The minimum Gasteiger partial charge on any atom is -0.368 e. The van der Waals surface area contributed by atoms with Crippen LogP contribution in [0.4, 0.5) is 23.4 Å². The number of hydrogen-bond donors (Lipinski definition) is 3. The Bertz CT molecular complexity index is 1060. The van der Waals surface area contributed by atoms with Crippen molar-refractivity contribution in [2.45, 2.75) is 19.4 Å². The van der Waals surface area contributed by atoms with Crippen LogP contribution in [-0.2, 0) is 0 Å². The Kier molecular flexibility index (Phi) is 5.33. The van der Waals surface area contributed by atoms with Crippen LogP contribution < -0.4 is 16.4 Å². The van der Waals surface area contributed by atoms with Gasteiger partial charge in [-0.1, -0.05) is 55.5 Å². The highest BCUT2D eigenvalue weighted by atomic mass is 15.4. The number of aromatic nitrogens is 5. The molecule has 0 bridgehead atoms. The second-order valence-corrected chi connectivity index (χ2v) is 6.47. The van der Waals surface area contributed by atoms with Crippen LogP contribution in [0.15, 0.2) is 73.1 Å². The topological polar surface area (TPSA) is 107 Å². The van der Waals surface area contributed by atoms with Gasteiger partial charge in [-0.15, -0.1) is 5.10 Å². The molecular weight excluding hydrogens is 364 g/mol. The molecule has 0 amide bonds. The van der Waals surface area contributed by atoms with Crippen molar-refractivity contribution in [2.24, 2.45) is 0 Å². The lowest BCUT2D eigenvalue weighted by Gasteiger charge is -2.18. The largest absolute Gasteiger partial charge is 0.368 e. The van der Waals surface area contributed by atoms with E-state index in [-0.39, 0.29) is 12.0 Å². The fraction of sp³-hybridized carbons (Fsp3) is 0.143. The maximum Gasteiger partial charge on any atom is 0.248 e. The van der Waals surface area contributed by atoms with Gasteiger partial charge in [0.1, 0.15) is 12.1 Å². The highest BCUT2D eigenvalue weighted by Crippen LogP contribution is 2.22. The van der Waals surface area contributed by atoms with Crippen LogP contribution in [0.25, 0.3) is 5.82 Å². The summed E-state index contributed by atoms with van der Waals surface area (Å²) >= 11 is 0. The van der Waals surface area contributed by atoms with Crippen molar-refractivity contribution in [3.8, 4) is 5.82 Å². The molecule has 8 heteroatoms. The third-order valence-corrected chi connectivity index (χ3v) is 4.46. The molecule has 0 fully saturated rings. The predicted octanol–water partition coefficient (Wildman–Crippen LogP) is 3.95. The molecule has 0 aliphatic heterocycles. The molecule has 1 unspecified atom stereocenters. The second kappa shape index (κ2) is 8.39. The van der Waals surface area contributed by atoms with E-state index in [0.29, 0.717) is 17.6 Å². The summed E-state index contributed by atoms with van der Waals surface area (Å²) in [5.74, 6) is 1.87. The van der Waals surface area contributed by atoms with Crippen LogP contribution in [0.1, 0.15) is 24.9 Å². The molecule has 0 radical (unpaired) electrons. The molecule has 2 aromatic carbocycles. The summed E-state index contributed by atoms with van der Waals surface area (Å²) < 4.78 is 1.49. The SMILES string of the molecule is CCC(Nc1cc(-n2nc(Nc3ccccc3)nc2N)ncn1)c1ccccc1. The summed E-state index contributed by atoms with van der Waals surface area (Å²) in [4.78, 5) is 12.9. The number of nitrogens with two attached hydrogens (primary N) is 1. The molecule has 0 aliphatic carbocycles. The molecule has 0 aliphatic rings. The molecule has 4 aromatic rings. The normalized spacial score (nSPS) is 11.8. The first-order valence-electron chi connectivity index (χ1n) is 9.41. The molecule has 0 saturated carbocycles. The Labute approximate surface area is 168 Å². The molecule has 4 rings (SSSR count). The Hall–Kier alpha value is -3.94. The van der Waals surface area contributed by atoms with Crippen LogP contribution in [0.3, 0.4) is 0 Å². The molecule has 146 valence electrons.